The number of hydrogen-bond donors (Lipinski definition) is 5. The summed E-state index contributed by atoms with van der Waals surface area (Å²) in [5.74, 6) is -0.551. The fourth-order valence-electron chi connectivity index (χ4n) is 3.22. The highest BCUT2D eigenvalue weighted by molar-refractivity contribution is 7.80. The van der Waals surface area contributed by atoms with Crippen molar-refractivity contribution in [3.05, 3.63) is 23.4 Å². The molecule has 166 valence electrons. The number of amides is 4. The summed E-state index contributed by atoms with van der Waals surface area (Å²) in [5, 5.41) is 8.01. The van der Waals surface area contributed by atoms with E-state index in [-0.39, 0.29) is 62.5 Å². The first-order valence-electron chi connectivity index (χ1n) is 10.3. The van der Waals surface area contributed by atoms with Crippen LogP contribution < -0.4 is 21.7 Å². The number of nitrogens with one attached hydrogen (secondary N) is 3. The second kappa shape index (κ2) is 12.4. The second-order valence-corrected chi connectivity index (χ2v) is 7.67. The zero-order valence-electron chi connectivity index (χ0n) is 17.1. The monoisotopic (exact) mass is 437 g/mol. The molecular weight excluding hydrogens is 406 g/mol. The molecule has 1 atom stereocenters. The van der Waals surface area contributed by atoms with E-state index in [0.717, 1.165) is 25.0 Å². The second-order valence-electron chi connectivity index (χ2n) is 7.23. The number of carbonyl (C=O) groups is 4. The fraction of sp³-hybridized carbons (Fsp3) is 0.600. The highest BCUT2D eigenvalue weighted by atomic mass is 32.1. The Morgan fingerprint density at radius 1 is 1.10 bits per heavy atom. The van der Waals surface area contributed by atoms with Gasteiger partial charge in [-0.05, 0) is 37.3 Å². The zero-order chi connectivity index (χ0) is 21.9. The summed E-state index contributed by atoms with van der Waals surface area (Å²) >= 11 is 4.03. The van der Waals surface area contributed by atoms with Gasteiger partial charge in [0, 0.05) is 56.5 Å². The highest BCUT2D eigenvalue weighted by Gasteiger charge is 2.27. The third kappa shape index (κ3) is 7.17. The van der Waals surface area contributed by atoms with Crippen LogP contribution in [0.5, 0.6) is 0 Å². The van der Waals surface area contributed by atoms with Crippen molar-refractivity contribution in [2.75, 3.05) is 31.9 Å². The van der Waals surface area contributed by atoms with Crippen LogP contribution in [0.4, 0.5) is 0 Å². The van der Waals surface area contributed by atoms with Gasteiger partial charge in [0.25, 0.3) is 5.91 Å². The van der Waals surface area contributed by atoms with E-state index in [1.807, 2.05) is 0 Å². The van der Waals surface area contributed by atoms with Crippen LogP contribution in [-0.2, 0) is 19.2 Å². The van der Waals surface area contributed by atoms with Gasteiger partial charge in [0.2, 0.25) is 17.7 Å². The molecule has 2 rings (SSSR count). The first-order chi connectivity index (χ1) is 14.5. The maximum Gasteiger partial charge on any atom is 0.251 e. The predicted molar refractivity (Wildman–Crippen MR) is 116 cm³/mol. The lowest BCUT2D eigenvalue weighted by molar-refractivity contribution is -0.130. The fourth-order valence-corrected chi connectivity index (χ4v) is 3.34. The van der Waals surface area contributed by atoms with Gasteiger partial charge < -0.3 is 26.6 Å². The topological polar surface area (TPSA) is 134 Å². The van der Waals surface area contributed by atoms with Crippen molar-refractivity contribution in [2.45, 2.75) is 44.6 Å². The number of rotatable bonds is 12. The van der Waals surface area contributed by atoms with Crippen molar-refractivity contribution in [3.8, 4) is 0 Å². The van der Waals surface area contributed by atoms with Crippen LogP contribution in [0.1, 0.15) is 38.5 Å². The average Bonchev–Trinajstić information content (AvgIpc) is 3.04. The first-order valence-corrected chi connectivity index (χ1v) is 11.0. The van der Waals surface area contributed by atoms with Gasteiger partial charge in [-0.3, -0.25) is 19.2 Å². The molecule has 0 radical (unpaired) electrons. The Bertz CT molecular complexity index is 716. The van der Waals surface area contributed by atoms with Crippen LogP contribution in [0.2, 0.25) is 0 Å². The van der Waals surface area contributed by atoms with Gasteiger partial charge in [0.15, 0.2) is 0 Å². The number of nitrogens with two attached hydrogens (primary N) is 1. The molecule has 9 nitrogen and oxygen atoms in total. The van der Waals surface area contributed by atoms with Crippen molar-refractivity contribution in [3.63, 3.8) is 0 Å². The van der Waals surface area contributed by atoms with Crippen molar-refractivity contribution in [2.24, 2.45) is 5.73 Å². The molecule has 30 heavy (non-hydrogen) atoms. The molecule has 1 heterocycles. The van der Waals surface area contributed by atoms with E-state index in [9.17, 15) is 19.2 Å². The third-order valence-electron chi connectivity index (χ3n) is 5.01. The Hall–Kier alpha value is -2.33. The largest absolute Gasteiger partial charge is 0.355 e. The molecule has 0 saturated heterocycles. The maximum absolute atomic E-state index is 12.5. The van der Waals surface area contributed by atoms with E-state index < -0.39 is 6.04 Å². The molecule has 4 amide bonds. The van der Waals surface area contributed by atoms with Crippen LogP contribution in [0.15, 0.2) is 23.4 Å². The smallest absolute Gasteiger partial charge is 0.251 e. The van der Waals surface area contributed by atoms with Gasteiger partial charge in [0.05, 0.1) is 0 Å². The van der Waals surface area contributed by atoms with Gasteiger partial charge in [-0.25, -0.2) is 0 Å². The first kappa shape index (κ1) is 23.9. The minimum Gasteiger partial charge on any atom is -0.355 e. The maximum atomic E-state index is 12.5. The van der Waals surface area contributed by atoms with E-state index in [2.05, 4.69) is 28.6 Å². The van der Waals surface area contributed by atoms with Gasteiger partial charge in [-0.15, -0.1) is 0 Å². The molecule has 0 spiro atoms. The average molecular weight is 438 g/mol. The molecule has 0 aromatic heterocycles. The van der Waals surface area contributed by atoms with Crippen molar-refractivity contribution in [1.82, 2.24) is 20.9 Å². The Balaban J connectivity index is 1.88. The summed E-state index contributed by atoms with van der Waals surface area (Å²) in [4.78, 5) is 50.4. The van der Waals surface area contributed by atoms with Crippen LogP contribution in [0.3, 0.4) is 0 Å². The Labute approximate surface area is 182 Å². The summed E-state index contributed by atoms with van der Waals surface area (Å²) in [6.45, 7) is 1.24. The van der Waals surface area contributed by atoms with E-state index in [4.69, 9.17) is 5.73 Å². The van der Waals surface area contributed by atoms with Crippen LogP contribution in [-0.4, -0.2) is 66.5 Å². The van der Waals surface area contributed by atoms with Crippen molar-refractivity contribution in [1.29, 1.82) is 0 Å². The van der Waals surface area contributed by atoms with Crippen molar-refractivity contribution >= 4 is 36.3 Å². The Kier molecular flexibility index (Phi) is 9.88. The van der Waals surface area contributed by atoms with E-state index in [0.29, 0.717) is 12.3 Å². The predicted octanol–water partition coefficient (Wildman–Crippen LogP) is -0.401. The normalized spacial score (nSPS) is 16.3. The van der Waals surface area contributed by atoms with Crippen LogP contribution in [0.25, 0.3) is 0 Å². The standard InChI is InChI=1S/C20H31N5O4S/c21-9-10-23-20(29)15(4-6-17(26)22-11-13-30)24-18(27)8-12-25-16(5-7-19(25)28)14-2-1-3-14/h5,7,15,30H,1-4,6,8-13,21H2,(H,22,26)(H,23,29)(H,24,27). The minimum absolute atomic E-state index is 0.0662. The SMILES string of the molecule is NCCNC(=O)C(CCC(=O)NCCS)NC(=O)CCN1C(=O)C=CC1=C1CCC1. The molecule has 2 aliphatic rings. The summed E-state index contributed by atoms with van der Waals surface area (Å²) in [6.07, 6.45) is 6.74. The molecule has 1 saturated carbocycles. The molecule has 1 aliphatic heterocycles. The van der Waals surface area contributed by atoms with Gasteiger partial charge in [0.1, 0.15) is 6.04 Å². The third-order valence-corrected chi connectivity index (χ3v) is 5.24. The Morgan fingerprint density at radius 3 is 2.50 bits per heavy atom. The minimum atomic E-state index is -0.845. The number of carbonyl (C=O) groups excluding carboxylic acids is 4. The molecule has 1 fully saturated rings. The number of thiol groups is 1. The Morgan fingerprint density at radius 2 is 1.87 bits per heavy atom. The molecule has 1 unspecified atom stereocenters. The van der Waals surface area contributed by atoms with Crippen LogP contribution >= 0.6 is 12.6 Å². The lowest BCUT2D eigenvalue weighted by atomic mass is 9.90. The molecule has 1 aliphatic carbocycles. The lowest BCUT2D eigenvalue weighted by Crippen LogP contribution is -2.48. The summed E-state index contributed by atoms with van der Waals surface area (Å²) in [7, 11) is 0. The van der Waals surface area contributed by atoms with Crippen molar-refractivity contribution < 1.29 is 19.2 Å². The molecule has 10 heteroatoms. The quantitative estimate of drug-likeness (QED) is 0.265. The lowest BCUT2D eigenvalue weighted by Gasteiger charge is -2.26. The van der Waals surface area contributed by atoms with E-state index >= 15 is 0 Å². The molecule has 5 N–H and O–H groups in total. The highest BCUT2D eigenvalue weighted by Crippen LogP contribution is 2.33. The summed E-state index contributed by atoms with van der Waals surface area (Å²) in [6, 6.07) is -0.845. The zero-order valence-corrected chi connectivity index (χ0v) is 18.0. The van der Waals surface area contributed by atoms with Gasteiger partial charge in [-0.2, -0.15) is 12.6 Å². The van der Waals surface area contributed by atoms with Crippen LogP contribution in [0, 0.1) is 0 Å². The number of hydrogen-bond acceptors (Lipinski definition) is 6. The van der Waals surface area contributed by atoms with Gasteiger partial charge >= 0.3 is 0 Å². The molecule has 0 bridgehead atoms. The molecule has 0 aromatic rings. The molecular formula is C20H31N5O4S. The van der Waals surface area contributed by atoms with E-state index in [1.54, 1.807) is 11.0 Å². The van der Waals surface area contributed by atoms with E-state index in [1.165, 1.54) is 11.6 Å². The number of nitrogens with zero attached hydrogens (tertiary/aromatic N) is 1. The molecule has 0 aromatic carbocycles. The summed E-state index contributed by atoms with van der Waals surface area (Å²) < 4.78 is 0. The number of allylic oxidation sites excluding steroid dienone is 2. The van der Waals surface area contributed by atoms with Gasteiger partial charge in [-0.1, -0.05) is 0 Å². The summed E-state index contributed by atoms with van der Waals surface area (Å²) in [5.41, 5.74) is 7.56.